The van der Waals surface area contributed by atoms with Crippen molar-refractivity contribution >= 4 is 11.9 Å². The molecule has 1 rings (SSSR count). The van der Waals surface area contributed by atoms with Crippen LogP contribution in [0.5, 0.6) is 0 Å². The quantitative estimate of drug-likeness (QED) is 0.215. The van der Waals surface area contributed by atoms with Crippen LogP contribution in [0.3, 0.4) is 0 Å². The number of carbonyl (C=O) groups is 2. The third-order valence-corrected chi connectivity index (χ3v) is 3.51. The molecule has 0 N–H and O–H groups in total. The second-order valence-electron chi connectivity index (χ2n) is 5.06. The van der Waals surface area contributed by atoms with Gasteiger partial charge in [0, 0.05) is 6.08 Å². The molecule has 120 valence electrons. The highest BCUT2D eigenvalue weighted by atomic mass is 16.5. The summed E-state index contributed by atoms with van der Waals surface area (Å²) in [4.78, 5) is 23.2. The Hall–Kier alpha value is -2.10. The normalized spacial score (nSPS) is 20.5. The zero-order chi connectivity index (χ0) is 16.2. The summed E-state index contributed by atoms with van der Waals surface area (Å²) in [5.74, 6) is -0.706. The van der Waals surface area contributed by atoms with Crippen molar-refractivity contribution in [3.8, 4) is 0 Å². The lowest BCUT2D eigenvalue weighted by molar-refractivity contribution is -0.150. The lowest BCUT2D eigenvalue weighted by atomic mass is 9.82. The molecule has 0 fully saturated rings. The van der Waals surface area contributed by atoms with Crippen LogP contribution in [0.25, 0.3) is 0 Å². The topological polar surface area (TPSA) is 52.6 Å². The molecule has 22 heavy (non-hydrogen) atoms. The van der Waals surface area contributed by atoms with Crippen LogP contribution in [0.1, 0.15) is 25.7 Å². The lowest BCUT2D eigenvalue weighted by Gasteiger charge is -2.25. The van der Waals surface area contributed by atoms with E-state index in [0.29, 0.717) is 19.4 Å². The van der Waals surface area contributed by atoms with Crippen molar-refractivity contribution in [2.45, 2.75) is 25.7 Å². The Morgan fingerprint density at radius 1 is 1.23 bits per heavy atom. The maximum Gasteiger partial charge on any atom is 0.330 e. The van der Waals surface area contributed by atoms with Gasteiger partial charge in [0.25, 0.3) is 0 Å². The zero-order valence-electron chi connectivity index (χ0n) is 12.9. The van der Waals surface area contributed by atoms with E-state index in [2.05, 4.69) is 19.2 Å². The molecule has 0 bridgehead atoms. The van der Waals surface area contributed by atoms with Gasteiger partial charge in [0.05, 0.1) is 19.1 Å². The van der Waals surface area contributed by atoms with Crippen molar-refractivity contribution in [1.29, 1.82) is 0 Å². The van der Waals surface area contributed by atoms with Crippen LogP contribution in [0.4, 0.5) is 0 Å². The largest absolute Gasteiger partial charge is 0.465 e. The average molecular weight is 304 g/mol. The van der Waals surface area contributed by atoms with Gasteiger partial charge in [-0.15, -0.1) is 0 Å². The minimum Gasteiger partial charge on any atom is -0.465 e. The van der Waals surface area contributed by atoms with Gasteiger partial charge < -0.3 is 9.47 Å². The molecule has 0 aromatic heterocycles. The Balaban J connectivity index is 2.40. The van der Waals surface area contributed by atoms with Crippen LogP contribution in [-0.2, 0) is 19.1 Å². The van der Waals surface area contributed by atoms with E-state index in [1.54, 1.807) is 6.08 Å². The van der Waals surface area contributed by atoms with Crippen molar-refractivity contribution in [3.63, 3.8) is 0 Å². The first-order chi connectivity index (χ1) is 10.7. The van der Waals surface area contributed by atoms with Crippen molar-refractivity contribution in [2.24, 2.45) is 11.8 Å². The molecular formula is C18H24O4. The van der Waals surface area contributed by atoms with E-state index in [1.165, 1.54) is 0 Å². The molecule has 2 unspecified atom stereocenters. The highest BCUT2D eigenvalue weighted by Crippen LogP contribution is 2.28. The van der Waals surface area contributed by atoms with Crippen LogP contribution >= 0.6 is 0 Å². The van der Waals surface area contributed by atoms with E-state index < -0.39 is 5.97 Å². The summed E-state index contributed by atoms with van der Waals surface area (Å²) in [6.07, 6.45) is 13.6. The summed E-state index contributed by atoms with van der Waals surface area (Å²) in [6.45, 7) is 7.59. The van der Waals surface area contributed by atoms with E-state index in [4.69, 9.17) is 9.47 Å². The summed E-state index contributed by atoms with van der Waals surface area (Å²) in [6, 6.07) is 0. The summed E-state index contributed by atoms with van der Waals surface area (Å²) in [5, 5.41) is 0. The van der Waals surface area contributed by atoms with Gasteiger partial charge in [-0.05, 0) is 31.6 Å². The van der Waals surface area contributed by atoms with Crippen molar-refractivity contribution < 1.29 is 19.1 Å². The number of hydrogen-bond donors (Lipinski definition) is 0. The molecule has 0 spiro atoms. The molecule has 0 aliphatic heterocycles. The lowest BCUT2D eigenvalue weighted by Crippen LogP contribution is -2.28. The Morgan fingerprint density at radius 2 is 2.05 bits per heavy atom. The molecule has 4 nitrogen and oxygen atoms in total. The summed E-state index contributed by atoms with van der Waals surface area (Å²) in [5.41, 5.74) is 0. The first-order valence-electron chi connectivity index (χ1n) is 7.59. The van der Waals surface area contributed by atoms with Crippen molar-refractivity contribution in [2.75, 3.05) is 13.2 Å². The Labute approximate surface area is 132 Å². The number of rotatable bonds is 9. The SMILES string of the molecule is C=C/C=C\CCOC(=O)C1CCC=CC1CCOC(=O)C=C. The molecule has 0 saturated heterocycles. The number of carbonyl (C=O) groups excluding carboxylic acids is 2. The molecular weight excluding hydrogens is 280 g/mol. The van der Waals surface area contributed by atoms with Crippen LogP contribution in [0.2, 0.25) is 0 Å². The minimum absolute atomic E-state index is 0.0579. The summed E-state index contributed by atoms with van der Waals surface area (Å²) < 4.78 is 10.3. The molecule has 1 aliphatic carbocycles. The maximum atomic E-state index is 12.2. The average Bonchev–Trinajstić information content (AvgIpc) is 2.54. The highest BCUT2D eigenvalue weighted by molar-refractivity contribution is 5.81. The summed E-state index contributed by atoms with van der Waals surface area (Å²) in [7, 11) is 0. The number of ether oxygens (including phenoxy) is 2. The molecule has 0 radical (unpaired) electrons. The number of allylic oxidation sites excluding steroid dienone is 4. The van der Waals surface area contributed by atoms with Crippen molar-refractivity contribution in [3.05, 3.63) is 49.6 Å². The molecule has 0 aromatic rings. The van der Waals surface area contributed by atoms with Crippen molar-refractivity contribution in [1.82, 2.24) is 0 Å². The molecule has 0 aromatic carbocycles. The molecule has 4 heteroatoms. The first-order valence-corrected chi connectivity index (χ1v) is 7.59. The highest BCUT2D eigenvalue weighted by Gasteiger charge is 2.29. The monoisotopic (exact) mass is 304 g/mol. The predicted molar refractivity (Wildman–Crippen MR) is 86.0 cm³/mol. The van der Waals surface area contributed by atoms with Crippen LogP contribution in [0.15, 0.2) is 49.6 Å². The number of esters is 2. The van der Waals surface area contributed by atoms with Gasteiger partial charge in [-0.2, -0.15) is 0 Å². The molecule has 0 heterocycles. The van der Waals surface area contributed by atoms with Gasteiger partial charge in [0.2, 0.25) is 0 Å². The molecule has 0 amide bonds. The fraction of sp³-hybridized carbons (Fsp3) is 0.444. The van der Waals surface area contributed by atoms with E-state index in [-0.39, 0.29) is 24.4 Å². The van der Waals surface area contributed by atoms with E-state index in [9.17, 15) is 9.59 Å². The Bertz CT molecular complexity index is 448. The Morgan fingerprint density at radius 3 is 2.77 bits per heavy atom. The first kappa shape index (κ1) is 18.0. The van der Waals surface area contributed by atoms with E-state index in [0.717, 1.165) is 18.9 Å². The van der Waals surface area contributed by atoms with Gasteiger partial charge in [-0.3, -0.25) is 4.79 Å². The summed E-state index contributed by atoms with van der Waals surface area (Å²) >= 11 is 0. The second kappa shape index (κ2) is 10.6. The van der Waals surface area contributed by atoms with Gasteiger partial charge in [-0.25, -0.2) is 4.79 Å². The smallest absolute Gasteiger partial charge is 0.330 e. The van der Waals surface area contributed by atoms with Gasteiger partial charge in [0.1, 0.15) is 0 Å². The third kappa shape index (κ3) is 6.57. The molecule has 1 aliphatic rings. The van der Waals surface area contributed by atoms with Crippen LogP contribution in [-0.4, -0.2) is 25.2 Å². The fourth-order valence-corrected chi connectivity index (χ4v) is 2.37. The Kier molecular flexibility index (Phi) is 8.65. The van der Waals surface area contributed by atoms with E-state index in [1.807, 2.05) is 18.2 Å². The zero-order valence-corrected chi connectivity index (χ0v) is 12.9. The standard InChI is InChI=1S/C18H24O4/c1-3-5-6-9-13-22-18(20)16-11-8-7-10-15(16)12-14-21-17(19)4-2/h3-7,10,15-16H,1-2,8-9,11-14H2/b6-5-. The van der Waals surface area contributed by atoms with Gasteiger partial charge >= 0.3 is 11.9 Å². The van der Waals surface area contributed by atoms with Gasteiger partial charge in [0.15, 0.2) is 0 Å². The predicted octanol–water partition coefficient (Wildman–Crippen LogP) is 3.36. The van der Waals surface area contributed by atoms with Crippen LogP contribution in [0, 0.1) is 11.8 Å². The third-order valence-electron chi connectivity index (χ3n) is 3.51. The number of hydrogen-bond acceptors (Lipinski definition) is 4. The maximum absolute atomic E-state index is 12.2. The molecule has 0 saturated carbocycles. The molecule has 2 atom stereocenters. The van der Waals surface area contributed by atoms with Crippen LogP contribution < -0.4 is 0 Å². The minimum atomic E-state index is -0.437. The second-order valence-corrected chi connectivity index (χ2v) is 5.06. The van der Waals surface area contributed by atoms with Gasteiger partial charge in [-0.1, -0.05) is 43.5 Å². The fourth-order valence-electron chi connectivity index (χ4n) is 2.37. The van der Waals surface area contributed by atoms with E-state index >= 15 is 0 Å².